The van der Waals surface area contributed by atoms with E-state index < -0.39 is 23.5 Å². The van der Waals surface area contributed by atoms with E-state index in [1.807, 2.05) is 121 Å². The predicted octanol–water partition coefficient (Wildman–Crippen LogP) is 17.7. The van der Waals surface area contributed by atoms with Crippen LogP contribution in [-0.2, 0) is 12.4 Å². The average molecular weight is 993 g/mol. The van der Waals surface area contributed by atoms with E-state index in [2.05, 4.69) is 15.5 Å². The van der Waals surface area contributed by atoms with Crippen LogP contribution < -0.4 is 0 Å². The van der Waals surface area contributed by atoms with Crippen molar-refractivity contribution in [3.63, 3.8) is 0 Å². The van der Waals surface area contributed by atoms with Crippen LogP contribution in [0.4, 0.5) is 32.0 Å². The van der Waals surface area contributed by atoms with Crippen molar-refractivity contribution >= 4 is 27.5 Å². The van der Waals surface area contributed by atoms with Crippen molar-refractivity contribution < 1.29 is 26.3 Å². The molecule has 0 saturated carbocycles. The molecule has 0 saturated heterocycles. The molecule has 0 aliphatic heterocycles. The Morgan fingerprint density at radius 1 is 0.440 bits per heavy atom. The molecule has 362 valence electrons. The fourth-order valence-corrected chi connectivity index (χ4v) is 9.67. The van der Waals surface area contributed by atoms with Gasteiger partial charge in [-0.3, -0.25) is 0 Å². The van der Waals surface area contributed by atoms with E-state index in [-0.39, 0.29) is 0 Å². The summed E-state index contributed by atoms with van der Waals surface area (Å²) in [6, 6.07) is 58.3. The molecule has 0 aliphatic rings. The normalized spacial score (nSPS) is 11.7. The Morgan fingerprint density at radius 2 is 0.853 bits per heavy atom. The third kappa shape index (κ3) is 9.26. The zero-order valence-corrected chi connectivity index (χ0v) is 39.9. The van der Waals surface area contributed by atoms with E-state index in [1.165, 1.54) is 0 Å². The van der Waals surface area contributed by atoms with Crippen LogP contribution in [0.15, 0.2) is 194 Å². The largest absolute Gasteiger partial charge is 0.416 e. The molecule has 0 spiro atoms. The van der Waals surface area contributed by atoms with Crippen molar-refractivity contribution in [3.05, 3.63) is 233 Å². The van der Waals surface area contributed by atoms with Gasteiger partial charge in [-0.2, -0.15) is 31.6 Å². The van der Waals surface area contributed by atoms with Gasteiger partial charge in [0.15, 0.2) is 23.2 Å². The summed E-state index contributed by atoms with van der Waals surface area (Å²) in [7, 11) is 0. The molecule has 9 aromatic carbocycles. The van der Waals surface area contributed by atoms with E-state index in [4.69, 9.17) is 21.5 Å². The molecule has 11 aromatic rings. The summed E-state index contributed by atoms with van der Waals surface area (Å²) in [5.41, 5.74) is 8.50. The van der Waals surface area contributed by atoms with Crippen LogP contribution in [0.5, 0.6) is 0 Å². The standard InChI is InChI=1S/C63H38F6N6/c1-37-26-46(30-49(28-37)62(64,65)66)44-20-24-56-54(32-44)55-33-45(47-27-38(2)29-50(31-47)63(67,68)69)21-25-57(55)75(56)58-52(40-16-14-39(36-70)15-17-40)34-48(35-53(58)41-18-22-51(71-3)23-19-41)61-73-59(42-10-6-4-7-11-42)72-60(74-61)43-12-8-5-9-13-43/h4-35H,1-2H3. The summed E-state index contributed by atoms with van der Waals surface area (Å²) in [6.07, 6.45) is -9.21. The molecule has 0 amide bonds. The van der Waals surface area contributed by atoms with Gasteiger partial charge in [-0.25, -0.2) is 19.8 Å². The van der Waals surface area contributed by atoms with Gasteiger partial charge in [0.2, 0.25) is 0 Å². The Morgan fingerprint density at radius 3 is 1.27 bits per heavy atom. The number of nitriles is 1. The van der Waals surface area contributed by atoms with Crippen LogP contribution in [0.1, 0.15) is 27.8 Å². The molecule has 0 bridgehead atoms. The first kappa shape index (κ1) is 47.7. The molecule has 12 heteroatoms. The summed E-state index contributed by atoms with van der Waals surface area (Å²) in [5.74, 6) is 1.23. The molecule has 75 heavy (non-hydrogen) atoms. The van der Waals surface area contributed by atoms with Crippen molar-refractivity contribution in [2.45, 2.75) is 26.2 Å². The predicted molar refractivity (Wildman–Crippen MR) is 283 cm³/mol. The highest BCUT2D eigenvalue weighted by Crippen LogP contribution is 2.46. The Labute approximate surface area is 427 Å². The number of halogens is 6. The first-order chi connectivity index (χ1) is 36.1. The third-order valence-electron chi connectivity index (χ3n) is 13.2. The van der Waals surface area contributed by atoms with E-state index in [1.54, 1.807) is 62.4 Å². The second-order valence-electron chi connectivity index (χ2n) is 18.3. The molecule has 11 rings (SSSR count). The number of alkyl halides is 6. The number of hydrogen-bond acceptors (Lipinski definition) is 4. The second kappa shape index (κ2) is 18.8. The number of aryl methyl sites for hydroxylation is 2. The first-order valence-corrected chi connectivity index (χ1v) is 23.6. The summed E-state index contributed by atoms with van der Waals surface area (Å²) >= 11 is 0. The number of hydrogen-bond donors (Lipinski definition) is 0. The lowest BCUT2D eigenvalue weighted by Crippen LogP contribution is -2.05. The van der Waals surface area contributed by atoms with E-state index in [0.29, 0.717) is 117 Å². The Hall–Kier alpha value is -9.65. The molecule has 0 atom stereocenters. The van der Waals surface area contributed by atoms with Crippen LogP contribution in [0.3, 0.4) is 0 Å². The van der Waals surface area contributed by atoms with Gasteiger partial charge in [0.1, 0.15) is 0 Å². The van der Waals surface area contributed by atoms with Crippen molar-refractivity contribution in [2.24, 2.45) is 0 Å². The van der Waals surface area contributed by atoms with Crippen LogP contribution in [-0.4, -0.2) is 19.5 Å². The zero-order chi connectivity index (χ0) is 52.2. The Balaban J connectivity index is 1.26. The molecule has 0 N–H and O–H groups in total. The van der Waals surface area contributed by atoms with Gasteiger partial charge >= 0.3 is 12.4 Å². The highest BCUT2D eigenvalue weighted by Gasteiger charge is 2.33. The van der Waals surface area contributed by atoms with Gasteiger partial charge in [-0.05, 0) is 131 Å². The van der Waals surface area contributed by atoms with Crippen LogP contribution in [0, 0.1) is 31.8 Å². The maximum Gasteiger partial charge on any atom is 0.416 e. The van der Waals surface area contributed by atoms with Gasteiger partial charge in [-0.15, -0.1) is 0 Å². The summed E-state index contributed by atoms with van der Waals surface area (Å²) in [4.78, 5) is 18.8. The summed E-state index contributed by atoms with van der Waals surface area (Å²) in [6.45, 7) is 11.0. The van der Waals surface area contributed by atoms with Gasteiger partial charge in [0.05, 0.1) is 46.1 Å². The number of fused-ring (bicyclic) bond motifs is 3. The molecular formula is C63H38F6N6. The second-order valence-corrected chi connectivity index (χ2v) is 18.3. The number of aromatic nitrogens is 4. The minimum atomic E-state index is -4.61. The van der Waals surface area contributed by atoms with E-state index in [9.17, 15) is 31.6 Å². The highest BCUT2D eigenvalue weighted by atomic mass is 19.4. The van der Waals surface area contributed by atoms with Crippen molar-refractivity contribution in [3.8, 4) is 90.4 Å². The minimum Gasteiger partial charge on any atom is -0.308 e. The van der Waals surface area contributed by atoms with Crippen molar-refractivity contribution in [1.82, 2.24) is 19.5 Å². The molecule has 0 aliphatic carbocycles. The molecule has 0 unspecified atom stereocenters. The maximum atomic E-state index is 14.3. The number of rotatable bonds is 8. The zero-order valence-electron chi connectivity index (χ0n) is 39.9. The smallest absolute Gasteiger partial charge is 0.308 e. The van der Waals surface area contributed by atoms with Crippen LogP contribution in [0.25, 0.3) is 111 Å². The number of nitrogens with zero attached hydrogens (tertiary/aromatic N) is 6. The van der Waals surface area contributed by atoms with Gasteiger partial charge in [0, 0.05) is 38.6 Å². The number of benzene rings is 9. The Kier molecular flexibility index (Phi) is 11.9. The monoisotopic (exact) mass is 992 g/mol. The third-order valence-corrected chi connectivity index (χ3v) is 13.2. The highest BCUT2D eigenvalue weighted by molar-refractivity contribution is 6.13. The minimum absolute atomic E-state index is 0.333. The fourth-order valence-electron chi connectivity index (χ4n) is 9.67. The molecule has 2 heterocycles. The van der Waals surface area contributed by atoms with Crippen LogP contribution in [0.2, 0.25) is 0 Å². The first-order valence-electron chi connectivity index (χ1n) is 23.6. The SMILES string of the molecule is [C-]#[N+]c1ccc(-c2cc(-c3nc(-c4ccccc4)nc(-c4ccccc4)n3)cc(-c3ccc(C#N)cc3)c2-n2c3ccc(-c4cc(C)cc(C(F)(F)F)c4)cc3c3cc(-c4cc(C)cc(C(F)(F)F)c4)ccc32)cc1. The van der Waals surface area contributed by atoms with Crippen molar-refractivity contribution in [1.29, 1.82) is 5.26 Å². The van der Waals surface area contributed by atoms with E-state index >= 15 is 0 Å². The lowest BCUT2D eigenvalue weighted by atomic mass is 9.92. The maximum absolute atomic E-state index is 14.3. The fraction of sp³-hybridized carbons (Fsp3) is 0.0635. The van der Waals surface area contributed by atoms with Gasteiger partial charge in [0.25, 0.3) is 0 Å². The van der Waals surface area contributed by atoms with E-state index in [0.717, 1.165) is 35.4 Å². The molecule has 0 fully saturated rings. The summed E-state index contributed by atoms with van der Waals surface area (Å²) in [5, 5.41) is 11.2. The van der Waals surface area contributed by atoms with Gasteiger partial charge < -0.3 is 4.57 Å². The molecule has 2 aromatic heterocycles. The quantitative estimate of drug-likeness (QED) is 0.112. The summed E-state index contributed by atoms with van der Waals surface area (Å²) < 4.78 is 87.9. The lowest BCUT2D eigenvalue weighted by Gasteiger charge is -2.21. The van der Waals surface area contributed by atoms with Gasteiger partial charge in [-0.1, -0.05) is 121 Å². The molecule has 0 radical (unpaired) electrons. The molecular weight excluding hydrogens is 955 g/mol. The molecule has 6 nitrogen and oxygen atoms in total. The van der Waals surface area contributed by atoms with Crippen LogP contribution >= 0.6 is 0 Å². The Bertz CT molecular complexity index is 3850. The average Bonchev–Trinajstić information content (AvgIpc) is 3.75. The lowest BCUT2D eigenvalue weighted by molar-refractivity contribution is -0.138. The topological polar surface area (TPSA) is 71.8 Å². The van der Waals surface area contributed by atoms with Crippen molar-refractivity contribution in [2.75, 3.05) is 0 Å².